The Morgan fingerprint density at radius 3 is 2.72 bits per heavy atom. The first-order chi connectivity index (χ1) is 21.0. The number of para-hydroxylation sites is 1. The molecule has 222 valence electrons. The summed E-state index contributed by atoms with van der Waals surface area (Å²) < 4.78 is 33.2. The molecule has 8 nitrogen and oxygen atoms in total. The monoisotopic (exact) mass is 583 g/mol. The maximum Gasteiger partial charge on any atom is 0.253 e. The van der Waals surface area contributed by atoms with Crippen molar-refractivity contribution in [3.05, 3.63) is 95.4 Å². The Balaban J connectivity index is 1.39. The molecular formula is C34H34FN3O5. The highest BCUT2D eigenvalue weighted by Crippen LogP contribution is 2.42. The SMILES string of the molecule is COCCOc1cc2c(cc1OC)CCn1c-2cc(C(=O)NC(CO)Cc2c[nH]c3ccccc23)c1-c1cccc(F)c1. The number of aryl methyl sites for hydroxylation is 1. The molecule has 1 aliphatic heterocycles. The molecule has 6 rings (SSSR count). The predicted octanol–water partition coefficient (Wildman–Crippen LogP) is 5.37. The number of H-pyrrole nitrogens is 1. The molecule has 3 N–H and O–H groups in total. The second-order valence-corrected chi connectivity index (χ2v) is 10.6. The number of halogens is 1. The molecule has 9 heteroatoms. The van der Waals surface area contributed by atoms with Crippen molar-refractivity contribution in [3.8, 4) is 34.0 Å². The second kappa shape index (κ2) is 12.3. The molecule has 0 bridgehead atoms. The third kappa shape index (κ3) is 5.61. The lowest BCUT2D eigenvalue weighted by molar-refractivity contribution is 0.0917. The molecule has 43 heavy (non-hydrogen) atoms. The number of benzene rings is 3. The average molecular weight is 584 g/mol. The molecule has 0 aliphatic carbocycles. The van der Waals surface area contributed by atoms with Crippen molar-refractivity contribution in [1.29, 1.82) is 0 Å². The lowest BCUT2D eigenvalue weighted by Crippen LogP contribution is -2.39. The van der Waals surface area contributed by atoms with Crippen molar-refractivity contribution in [3.63, 3.8) is 0 Å². The fourth-order valence-electron chi connectivity index (χ4n) is 5.90. The minimum atomic E-state index is -0.527. The summed E-state index contributed by atoms with van der Waals surface area (Å²) in [7, 11) is 3.22. The number of aliphatic hydroxyl groups is 1. The summed E-state index contributed by atoms with van der Waals surface area (Å²) in [6, 6.07) is 19.4. The van der Waals surface area contributed by atoms with Gasteiger partial charge in [-0.2, -0.15) is 0 Å². The Morgan fingerprint density at radius 1 is 1.07 bits per heavy atom. The molecule has 0 saturated carbocycles. The number of carbonyl (C=O) groups is 1. The van der Waals surface area contributed by atoms with Gasteiger partial charge in [0.05, 0.1) is 37.6 Å². The Labute approximate surface area is 249 Å². The second-order valence-electron chi connectivity index (χ2n) is 10.6. The van der Waals surface area contributed by atoms with Gasteiger partial charge in [0, 0.05) is 47.6 Å². The van der Waals surface area contributed by atoms with Crippen molar-refractivity contribution >= 4 is 16.8 Å². The predicted molar refractivity (Wildman–Crippen MR) is 163 cm³/mol. The molecule has 1 amide bonds. The number of amides is 1. The average Bonchev–Trinajstić information content (AvgIpc) is 3.62. The molecule has 0 spiro atoms. The molecule has 3 heterocycles. The zero-order valence-corrected chi connectivity index (χ0v) is 24.2. The maximum absolute atomic E-state index is 14.5. The molecule has 1 unspecified atom stereocenters. The van der Waals surface area contributed by atoms with E-state index in [4.69, 9.17) is 14.2 Å². The van der Waals surface area contributed by atoms with Gasteiger partial charge in [-0.05, 0) is 60.4 Å². The number of aliphatic hydroxyl groups excluding tert-OH is 1. The van der Waals surface area contributed by atoms with Gasteiger partial charge in [0.1, 0.15) is 12.4 Å². The lowest BCUT2D eigenvalue weighted by atomic mass is 9.97. The van der Waals surface area contributed by atoms with E-state index in [0.29, 0.717) is 60.9 Å². The van der Waals surface area contributed by atoms with Crippen LogP contribution in [0.25, 0.3) is 33.4 Å². The highest BCUT2D eigenvalue weighted by Gasteiger charge is 2.29. The van der Waals surface area contributed by atoms with Crippen molar-refractivity contribution < 1.29 is 28.5 Å². The Kier molecular flexibility index (Phi) is 8.18. The van der Waals surface area contributed by atoms with Crippen molar-refractivity contribution in [1.82, 2.24) is 14.9 Å². The quantitative estimate of drug-likeness (QED) is 0.182. The minimum Gasteiger partial charge on any atom is -0.493 e. The van der Waals surface area contributed by atoms with Crippen LogP contribution in [0.5, 0.6) is 11.5 Å². The van der Waals surface area contributed by atoms with Crippen molar-refractivity contribution in [2.45, 2.75) is 25.4 Å². The highest BCUT2D eigenvalue weighted by atomic mass is 19.1. The van der Waals surface area contributed by atoms with Crippen LogP contribution in [0.4, 0.5) is 4.39 Å². The Bertz CT molecular complexity index is 1780. The summed E-state index contributed by atoms with van der Waals surface area (Å²) in [5.41, 5.74) is 6.42. The molecule has 1 atom stereocenters. The first-order valence-corrected chi connectivity index (χ1v) is 14.3. The smallest absolute Gasteiger partial charge is 0.253 e. The van der Waals surface area contributed by atoms with Crippen LogP contribution in [0, 0.1) is 5.82 Å². The first-order valence-electron chi connectivity index (χ1n) is 14.3. The van der Waals surface area contributed by atoms with Crippen LogP contribution in [0.15, 0.2) is 72.9 Å². The molecule has 0 fully saturated rings. The van der Waals surface area contributed by atoms with Crippen LogP contribution < -0.4 is 14.8 Å². The highest BCUT2D eigenvalue weighted by molar-refractivity contribution is 6.02. The van der Waals surface area contributed by atoms with Crippen LogP contribution >= 0.6 is 0 Å². The fourth-order valence-corrected chi connectivity index (χ4v) is 5.90. The number of methoxy groups -OCH3 is 2. The molecular weight excluding hydrogens is 549 g/mol. The summed E-state index contributed by atoms with van der Waals surface area (Å²) in [6.07, 6.45) is 3.04. The number of rotatable bonds is 11. The minimum absolute atomic E-state index is 0.237. The van der Waals surface area contributed by atoms with Gasteiger partial charge in [0.25, 0.3) is 5.91 Å². The van der Waals surface area contributed by atoms with Gasteiger partial charge in [-0.1, -0.05) is 30.3 Å². The Morgan fingerprint density at radius 2 is 1.93 bits per heavy atom. The first kappa shape index (κ1) is 28.5. The zero-order valence-electron chi connectivity index (χ0n) is 24.2. The number of ether oxygens (including phenoxy) is 3. The van der Waals surface area contributed by atoms with E-state index in [1.165, 1.54) is 12.1 Å². The standard InChI is InChI=1S/C34H34FN3O5/c1-41-12-13-43-32-18-27-21(16-31(32)42-2)10-11-38-30(27)17-28(33(38)22-6-5-7-24(35)14-22)34(40)37-25(20-39)15-23-19-36-29-9-4-3-8-26(23)29/h3-9,14,16-19,25,36,39H,10-13,15,20H2,1-2H3,(H,37,40). The van der Waals surface area contributed by atoms with E-state index in [1.54, 1.807) is 26.4 Å². The summed E-state index contributed by atoms with van der Waals surface area (Å²) in [5, 5.41) is 14.3. The van der Waals surface area contributed by atoms with Gasteiger partial charge in [0.15, 0.2) is 11.5 Å². The summed E-state index contributed by atoms with van der Waals surface area (Å²) in [5.74, 6) is 0.472. The van der Waals surface area contributed by atoms with E-state index in [1.807, 2.05) is 48.7 Å². The van der Waals surface area contributed by atoms with Crippen LogP contribution in [-0.4, -0.2) is 60.6 Å². The number of nitrogens with zero attached hydrogens (tertiary/aromatic N) is 1. The normalized spacial score (nSPS) is 12.9. The molecule has 0 saturated heterocycles. The number of nitrogens with one attached hydrogen (secondary N) is 2. The van der Waals surface area contributed by atoms with Crippen molar-refractivity contribution in [2.24, 2.45) is 0 Å². The number of hydrogen-bond donors (Lipinski definition) is 3. The van der Waals surface area contributed by atoms with Crippen molar-refractivity contribution in [2.75, 3.05) is 34.0 Å². The van der Waals surface area contributed by atoms with Crippen LogP contribution in [-0.2, 0) is 24.1 Å². The largest absolute Gasteiger partial charge is 0.493 e. The van der Waals surface area contributed by atoms with Gasteiger partial charge in [0.2, 0.25) is 0 Å². The van der Waals surface area contributed by atoms with Gasteiger partial charge < -0.3 is 34.2 Å². The zero-order chi connectivity index (χ0) is 29.9. The maximum atomic E-state index is 14.5. The molecule has 3 aromatic carbocycles. The number of aromatic nitrogens is 2. The Hall–Kier alpha value is -4.60. The van der Waals surface area contributed by atoms with Gasteiger partial charge >= 0.3 is 0 Å². The number of carbonyl (C=O) groups excluding carboxylic acids is 1. The van der Waals surface area contributed by atoms with Gasteiger partial charge in [-0.3, -0.25) is 4.79 Å². The lowest BCUT2D eigenvalue weighted by Gasteiger charge is -2.24. The molecule has 2 aromatic heterocycles. The summed E-state index contributed by atoms with van der Waals surface area (Å²) in [6.45, 7) is 1.13. The van der Waals surface area contributed by atoms with E-state index < -0.39 is 6.04 Å². The third-order valence-electron chi connectivity index (χ3n) is 7.95. The van der Waals surface area contributed by atoms with E-state index in [0.717, 1.165) is 33.3 Å². The van der Waals surface area contributed by atoms with Gasteiger partial charge in [-0.15, -0.1) is 0 Å². The van der Waals surface area contributed by atoms with Crippen LogP contribution in [0.1, 0.15) is 21.5 Å². The molecule has 5 aromatic rings. The summed E-state index contributed by atoms with van der Waals surface area (Å²) in [4.78, 5) is 17.2. The number of fused-ring (bicyclic) bond motifs is 4. The number of hydrogen-bond acceptors (Lipinski definition) is 5. The van der Waals surface area contributed by atoms with E-state index >= 15 is 0 Å². The molecule has 0 radical (unpaired) electrons. The topological polar surface area (TPSA) is 97.7 Å². The third-order valence-corrected chi connectivity index (χ3v) is 7.95. The van der Waals surface area contributed by atoms with E-state index in [-0.39, 0.29) is 18.3 Å². The van der Waals surface area contributed by atoms with E-state index in [2.05, 4.69) is 14.9 Å². The van der Waals surface area contributed by atoms with Crippen LogP contribution in [0.3, 0.4) is 0 Å². The summed E-state index contributed by atoms with van der Waals surface area (Å²) >= 11 is 0. The van der Waals surface area contributed by atoms with Crippen LogP contribution in [0.2, 0.25) is 0 Å². The van der Waals surface area contributed by atoms with E-state index in [9.17, 15) is 14.3 Å². The molecule has 1 aliphatic rings. The number of aromatic amines is 1. The fraction of sp³-hybridized carbons (Fsp3) is 0.265. The van der Waals surface area contributed by atoms with Gasteiger partial charge in [-0.25, -0.2) is 4.39 Å².